The SMILES string of the molecule is C#CCCN(C)C(=O)OC(C)(C)C.CN(CCC#CCN1C(=O)c2ccccc2C1=O)C(=O)OC(C)(C)C.CNCCC#CCN1C(=O)c2ccccc2C1=O.O=C1c2ccccc2C(=O)N1CBr. The fraction of sp³-hybridized carbons (Fsp3) is 0.385. The summed E-state index contributed by atoms with van der Waals surface area (Å²) in [4.78, 5) is 101. The van der Waals surface area contributed by atoms with Gasteiger partial charge in [0.25, 0.3) is 35.4 Å². The van der Waals surface area contributed by atoms with Crippen molar-refractivity contribution in [1.29, 1.82) is 0 Å². The Hall–Kier alpha value is -7.26. The third-order valence-electron chi connectivity index (χ3n) is 9.55. The summed E-state index contributed by atoms with van der Waals surface area (Å²) >= 11 is 3.10. The smallest absolute Gasteiger partial charge is 0.410 e. The van der Waals surface area contributed by atoms with E-state index in [2.05, 4.69) is 50.8 Å². The van der Waals surface area contributed by atoms with Gasteiger partial charge in [0.05, 0.1) is 51.9 Å². The minimum atomic E-state index is -0.539. The molecule has 3 aliphatic rings. The van der Waals surface area contributed by atoms with Gasteiger partial charge < -0.3 is 24.6 Å². The summed E-state index contributed by atoms with van der Waals surface area (Å²) in [6, 6.07) is 20.4. The van der Waals surface area contributed by atoms with Gasteiger partial charge in [-0.05, 0) is 85.0 Å². The first kappa shape index (κ1) is 56.1. The molecule has 17 heteroatoms. The van der Waals surface area contributed by atoms with Crippen LogP contribution in [-0.4, -0.2) is 143 Å². The molecule has 0 spiro atoms. The van der Waals surface area contributed by atoms with E-state index in [1.165, 1.54) is 19.6 Å². The number of halogens is 1. The van der Waals surface area contributed by atoms with Crippen LogP contribution in [0.15, 0.2) is 72.8 Å². The van der Waals surface area contributed by atoms with Gasteiger partial charge in [-0.1, -0.05) is 70.1 Å². The monoisotopic (exact) mass is 1010 g/mol. The van der Waals surface area contributed by atoms with Gasteiger partial charge >= 0.3 is 12.2 Å². The van der Waals surface area contributed by atoms with Gasteiger partial charge in [-0.2, -0.15) is 0 Å². The number of amides is 8. The molecule has 69 heavy (non-hydrogen) atoms. The summed E-state index contributed by atoms with van der Waals surface area (Å²) in [5, 5.41) is 2.98. The number of benzene rings is 3. The summed E-state index contributed by atoms with van der Waals surface area (Å²) in [6.07, 6.45) is 6.03. The Balaban J connectivity index is 0.000000253. The van der Waals surface area contributed by atoms with Crippen LogP contribution in [-0.2, 0) is 9.47 Å². The van der Waals surface area contributed by atoms with E-state index < -0.39 is 17.3 Å². The molecule has 16 nitrogen and oxygen atoms in total. The van der Waals surface area contributed by atoms with Crippen LogP contribution in [0.4, 0.5) is 9.59 Å². The first-order valence-corrected chi connectivity index (χ1v) is 23.0. The molecule has 3 aromatic rings. The molecule has 0 saturated heterocycles. The van der Waals surface area contributed by atoms with E-state index in [0.717, 1.165) is 11.4 Å². The van der Waals surface area contributed by atoms with Crippen LogP contribution in [0.3, 0.4) is 0 Å². The first-order chi connectivity index (χ1) is 32.6. The molecule has 0 bridgehead atoms. The summed E-state index contributed by atoms with van der Waals surface area (Å²) in [5.41, 5.74) is 2.03. The molecule has 3 heterocycles. The predicted octanol–water partition coefficient (Wildman–Crippen LogP) is 6.95. The van der Waals surface area contributed by atoms with E-state index in [1.54, 1.807) is 108 Å². The van der Waals surface area contributed by atoms with Gasteiger partial charge in [0.2, 0.25) is 0 Å². The van der Waals surface area contributed by atoms with Gasteiger partial charge in [-0.15, -0.1) is 18.3 Å². The Morgan fingerprint density at radius 3 is 1.14 bits per heavy atom. The lowest BCUT2D eigenvalue weighted by Crippen LogP contribution is -2.34. The summed E-state index contributed by atoms with van der Waals surface area (Å²) in [7, 11) is 5.16. The maximum Gasteiger partial charge on any atom is 0.410 e. The summed E-state index contributed by atoms with van der Waals surface area (Å²) < 4.78 is 10.4. The van der Waals surface area contributed by atoms with Crippen LogP contribution in [0, 0.1) is 36.0 Å². The number of nitrogens with one attached hydrogen (secondary N) is 1. The van der Waals surface area contributed by atoms with Crippen LogP contribution < -0.4 is 5.32 Å². The minimum absolute atomic E-state index is 0.0441. The van der Waals surface area contributed by atoms with Crippen molar-refractivity contribution in [1.82, 2.24) is 29.8 Å². The summed E-state index contributed by atoms with van der Waals surface area (Å²) in [5.74, 6) is 12.4. The highest BCUT2D eigenvalue weighted by Crippen LogP contribution is 2.24. The number of terminal acetylenes is 1. The molecular formula is C52H59BrN6O10. The largest absolute Gasteiger partial charge is 0.444 e. The van der Waals surface area contributed by atoms with Crippen LogP contribution in [0.1, 0.15) is 123 Å². The third kappa shape index (κ3) is 16.5. The lowest BCUT2D eigenvalue weighted by Gasteiger charge is -2.24. The minimum Gasteiger partial charge on any atom is -0.444 e. The predicted molar refractivity (Wildman–Crippen MR) is 264 cm³/mol. The molecule has 0 atom stereocenters. The molecule has 6 rings (SSSR count). The molecular weight excluding hydrogens is 949 g/mol. The second kappa shape index (κ2) is 26.3. The number of hydrogen-bond donors (Lipinski definition) is 1. The molecule has 0 aromatic heterocycles. The second-order valence-corrected chi connectivity index (χ2v) is 17.8. The third-order valence-corrected chi connectivity index (χ3v) is 10.1. The zero-order valence-corrected chi connectivity index (χ0v) is 42.2. The first-order valence-electron chi connectivity index (χ1n) is 21.9. The number of hydrogen-bond acceptors (Lipinski definition) is 11. The lowest BCUT2D eigenvalue weighted by molar-refractivity contribution is 0.0292. The number of carbonyl (C=O) groups is 8. The quantitative estimate of drug-likeness (QED) is 0.0770. The Morgan fingerprint density at radius 1 is 0.551 bits per heavy atom. The van der Waals surface area contributed by atoms with Crippen LogP contribution in [0.2, 0.25) is 0 Å². The average molecular weight is 1010 g/mol. The van der Waals surface area contributed by atoms with Crippen molar-refractivity contribution in [3.8, 4) is 36.0 Å². The number of ether oxygens (including phenoxy) is 2. The topological polar surface area (TPSA) is 183 Å². The van der Waals surface area contributed by atoms with Crippen molar-refractivity contribution < 1.29 is 47.8 Å². The second-order valence-electron chi connectivity index (χ2n) is 17.3. The number of imide groups is 3. The van der Waals surface area contributed by atoms with Crippen LogP contribution >= 0.6 is 15.9 Å². The van der Waals surface area contributed by atoms with Crippen molar-refractivity contribution in [3.63, 3.8) is 0 Å². The van der Waals surface area contributed by atoms with E-state index in [1.807, 2.05) is 27.8 Å². The average Bonchev–Trinajstić information content (AvgIpc) is 3.81. The van der Waals surface area contributed by atoms with Crippen molar-refractivity contribution in [2.75, 3.05) is 59.3 Å². The highest BCUT2D eigenvalue weighted by molar-refractivity contribution is 9.09. The standard InChI is InChI=1S/C19H22N2O4.C14H14N2O2.C10H17NO2.C9H6BrNO2/c1-19(2,3)25-18(24)20(4)12-8-5-9-13-21-16(22)14-10-6-7-11-15(14)17(21)23;1-15-9-5-2-6-10-16-13(17)11-7-3-4-8-12(11)14(16)18;1-6-7-8-11(5)9(12)13-10(2,3)4;10-5-11-8(12)6-3-1-2-4-7(6)9(11)13/h6-7,10-11H,8,12-13H2,1-4H3;3-4,7-8,15H,5,9-10H2,1H3;1H,7-8H2,2-5H3;1-4H,5H2. The molecule has 3 aromatic carbocycles. The molecule has 0 unspecified atom stereocenters. The van der Waals surface area contributed by atoms with Gasteiger partial charge in [0.1, 0.15) is 11.2 Å². The zero-order valence-electron chi connectivity index (χ0n) is 40.6. The molecule has 8 amide bonds. The highest BCUT2D eigenvalue weighted by atomic mass is 79.9. The zero-order chi connectivity index (χ0) is 51.5. The van der Waals surface area contributed by atoms with E-state index in [0.29, 0.717) is 65.7 Å². The number of rotatable bonds is 9. The maximum absolute atomic E-state index is 12.2. The fourth-order valence-electron chi connectivity index (χ4n) is 6.07. The number of nitrogens with zero attached hydrogens (tertiary/aromatic N) is 5. The molecule has 3 aliphatic heterocycles. The van der Waals surface area contributed by atoms with Gasteiger partial charge in [-0.25, -0.2) is 9.59 Å². The van der Waals surface area contributed by atoms with Crippen LogP contribution in [0.25, 0.3) is 0 Å². The van der Waals surface area contributed by atoms with Crippen molar-refractivity contribution in [2.45, 2.75) is 72.0 Å². The number of alkyl halides is 1. The molecule has 0 aliphatic carbocycles. The van der Waals surface area contributed by atoms with E-state index >= 15 is 0 Å². The molecule has 0 saturated carbocycles. The van der Waals surface area contributed by atoms with Crippen molar-refractivity contribution in [2.24, 2.45) is 0 Å². The van der Waals surface area contributed by atoms with Gasteiger partial charge in [0.15, 0.2) is 0 Å². The Kier molecular flexibility index (Phi) is 21.4. The number of carbonyl (C=O) groups excluding carboxylic acids is 8. The van der Waals surface area contributed by atoms with E-state index in [9.17, 15) is 38.4 Å². The maximum atomic E-state index is 12.2. The Morgan fingerprint density at radius 2 is 0.855 bits per heavy atom. The summed E-state index contributed by atoms with van der Waals surface area (Å²) in [6.45, 7) is 12.9. The fourth-order valence-corrected chi connectivity index (χ4v) is 6.52. The van der Waals surface area contributed by atoms with Crippen molar-refractivity contribution in [3.05, 3.63) is 106 Å². The lowest BCUT2D eigenvalue weighted by atomic mass is 10.1. The van der Waals surface area contributed by atoms with Gasteiger partial charge in [-0.3, -0.25) is 43.5 Å². The Bertz CT molecular complexity index is 2460. The highest BCUT2D eigenvalue weighted by Gasteiger charge is 2.36. The van der Waals surface area contributed by atoms with Crippen molar-refractivity contribution >= 4 is 63.6 Å². The molecule has 1 N–H and O–H groups in total. The van der Waals surface area contributed by atoms with E-state index in [-0.39, 0.29) is 60.1 Å². The normalized spacial score (nSPS) is 13.0. The van der Waals surface area contributed by atoms with E-state index in [4.69, 9.17) is 15.9 Å². The number of fused-ring (bicyclic) bond motifs is 3. The molecule has 364 valence electrons. The van der Waals surface area contributed by atoms with Crippen LogP contribution in [0.5, 0.6) is 0 Å². The molecule has 0 fully saturated rings. The Labute approximate surface area is 413 Å². The van der Waals surface area contributed by atoms with Gasteiger partial charge in [0, 0.05) is 53.0 Å². The molecule has 0 radical (unpaired) electrons.